The van der Waals surface area contributed by atoms with Crippen LogP contribution < -0.4 is 9.47 Å². The predicted molar refractivity (Wildman–Crippen MR) is 101 cm³/mol. The van der Waals surface area contributed by atoms with E-state index < -0.39 is 0 Å². The second-order valence-corrected chi connectivity index (χ2v) is 6.07. The fraction of sp³-hybridized carbons (Fsp3) is 0.286. The number of methoxy groups -OCH3 is 2. The number of amides is 1. The van der Waals surface area contributed by atoms with Gasteiger partial charge in [0.1, 0.15) is 0 Å². The molecule has 0 aromatic heterocycles. The van der Waals surface area contributed by atoms with E-state index >= 15 is 0 Å². The molecule has 0 aliphatic heterocycles. The lowest BCUT2D eigenvalue weighted by molar-refractivity contribution is -0.125. The number of aryl methyl sites for hydroxylation is 2. The van der Waals surface area contributed by atoms with Gasteiger partial charge in [0, 0.05) is 19.7 Å². The summed E-state index contributed by atoms with van der Waals surface area (Å²) >= 11 is 0. The van der Waals surface area contributed by atoms with E-state index in [1.165, 1.54) is 5.56 Å². The molecular formula is C21H25NO3. The maximum atomic E-state index is 12.4. The molecule has 132 valence electrons. The van der Waals surface area contributed by atoms with E-state index in [-0.39, 0.29) is 5.91 Å². The van der Waals surface area contributed by atoms with Crippen LogP contribution in [0.15, 0.2) is 42.5 Å². The van der Waals surface area contributed by atoms with Crippen molar-refractivity contribution >= 4 is 12.0 Å². The van der Waals surface area contributed by atoms with Gasteiger partial charge in [0.25, 0.3) is 0 Å². The summed E-state index contributed by atoms with van der Waals surface area (Å²) < 4.78 is 10.7. The summed E-state index contributed by atoms with van der Waals surface area (Å²) in [6.07, 6.45) is 3.43. The van der Waals surface area contributed by atoms with Crippen LogP contribution in [0.1, 0.15) is 22.3 Å². The molecule has 0 bridgehead atoms. The third kappa shape index (κ3) is 4.86. The van der Waals surface area contributed by atoms with Crippen LogP contribution in [0.25, 0.3) is 6.08 Å². The van der Waals surface area contributed by atoms with E-state index in [0.29, 0.717) is 18.0 Å². The van der Waals surface area contributed by atoms with Crippen molar-refractivity contribution in [2.24, 2.45) is 0 Å². The second-order valence-electron chi connectivity index (χ2n) is 6.07. The first kappa shape index (κ1) is 18.6. The van der Waals surface area contributed by atoms with Crippen molar-refractivity contribution in [2.45, 2.75) is 20.4 Å². The van der Waals surface area contributed by atoms with E-state index in [0.717, 1.165) is 16.7 Å². The van der Waals surface area contributed by atoms with Crippen LogP contribution in [0.5, 0.6) is 11.5 Å². The molecule has 0 unspecified atom stereocenters. The molecule has 0 N–H and O–H groups in total. The molecule has 0 aliphatic rings. The van der Waals surface area contributed by atoms with Crippen LogP contribution in [0, 0.1) is 13.8 Å². The van der Waals surface area contributed by atoms with Gasteiger partial charge < -0.3 is 14.4 Å². The summed E-state index contributed by atoms with van der Waals surface area (Å²) in [6.45, 7) is 4.54. The monoisotopic (exact) mass is 339 g/mol. The van der Waals surface area contributed by atoms with Gasteiger partial charge in [-0.05, 0) is 48.7 Å². The largest absolute Gasteiger partial charge is 0.493 e. The van der Waals surface area contributed by atoms with Crippen LogP contribution in [0.2, 0.25) is 0 Å². The van der Waals surface area contributed by atoms with Gasteiger partial charge in [0.15, 0.2) is 11.5 Å². The number of ether oxygens (including phenoxy) is 2. The lowest BCUT2D eigenvalue weighted by Gasteiger charge is -2.18. The fourth-order valence-electron chi connectivity index (χ4n) is 2.50. The smallest absolute Gasteiger partial charge is 0.246 e. The summed E-state index contributed by atoms with van der Waals surface area (Å²) in [5, 5.41) is 0. The first-order valence-electron chi connectivity index (χ1n) is 8.16. The molecule has 0 atom stereocenters. The zero-order valence-corrected chi connectivity index (χ0v) is 15.5. The Bertz CT molecular complexity index is 763. The van der Waals surface area contributed by atoms with Crippen LogP contribution in [-0.2, 0) is 11.3 Å². The maximum absolute atomic E-state index is 12.4. The summed E-state index contributed by atoms with van der Waals surface area (Å²) in [4.78, 5) is 14.0. The topological polar surface area (TPSA) is 38.8 Å². The lowest BCUT2D eigenvalue weighted by Crippen LogP contribution is -2.24. The van der Waals surface area contributed by atoms with E-state index in [2.05, 4.69) is 0 Å². The fourth-order valence-corrected chi connectivity index (χ4v) is 2.50. The van der Waals surface area contributed by atoms with Crippen molar-refractivity contribution in [1.82, 2.24) is 4.90 Å². The van der Waals surface area contributed by atoms with E-state index in [1.54, 1.807) is 32.2 Å². The van der Waals surface area contributed by atoms with Crippen molar-refractivity contribution in [2.75, 3.05) is 21.3 Å². The second kappa shape index (κ2) is 8.38. The molecule has 2 aromatic carbocycles. The lowest BCUT2D eigenvalue weighted by atomic mass is 10.1. The van der Waals surface area contributed by atoms with E-state index in [4.69, 9.17) is 9.47 Å². The summed E-state index contributed by atoms with van der Waals surface area (Å²) in [5.74, 6) is 1.31. The van der Waals surface area contributed by atoms with Gasteiger partial charge in [0.2, 0.25) is 5.91 Å². The van der Waals surface area contributed by atoms with Crippen LogP contribution in [0.4, 0.5) is 0 Å². The van der Waals surface area contributed by atoms with Crippen LogP contribution in [0.3, 0.4) is 0 Å². The van der Waals surface area contributed by atoms with Gasteiger partial charge in [-0.2, -0.15) is 0 Å². The summed E-state index contributed by atoms with van der Waals surface area (Å²) in [7, 11) is 5.01. The molecule has 0 saturated carbocycles. The minimum absolute atomic E-state index is 0.0465. The standard InChI is InChI=1S/C21H25NO3/c1-15-6-8-17(9-7-15)10-11-21(23)22(3)14-18-13-20(25-5)19(24-4)12-16(18)2/h6-13H,14H2,1-5H3/b11-10+. The Morgan fingerprint density at radius 1 is 1.04 bits per heavy atom. The highest BCUT2D eigenvalue weighted by atomic mass is 16.5. The molecule has 0 fully saturated rings. The number of carbonyl (C=O) groups is 1. The molecule has 2 aromatic rings. The van der Waals surface area contributed by atoms with Gasteiger partial charge in [-0.3, -0.25) is 4.79 Å². The Balaban J connectivity index is 2.09. The average molecular weight is 339 g/mol. The minimum atomic E-state index is -0.0465. The first-order valence-corrected chi connectivity index (χ1v) is 8.16. The summed E-state index contributed by atoms with van der Waals surface area (Å²) in [5.41, 5.74) is 4.29. The molecular weight excluding hydrogens is 314 g/mol. The zero-order valence-electron chi connectivity index (χ0n) is 15.5. The highest BCUT2D eigenvalue weighted by molar-refractivity contribution is 5.91. The number of hydrogen-bond acceptors (Lipinski definition) is 3. The molecule has 4 nitrogen and oxygen atoms in total. The number of carbonyl (C=O) groups excluding carboxylic acids is 1. The Morgan fingerprint density at radius 2 is 1.64 bits per heavy atom. The molecule has 1 amide bonds. The molecule has 4 heteroatoms. The van der Waals surface area contributed by atoms with E-state index in [1.807, 2.05) is 56.3 Å². The molecule has 2 rings (SSSR count). The Labute approximate surface area is 149 Å². The average Bonchev–Trinajstić information content (AvgIpc) is 2.62. The SMILES string of the molecule is COc1cc(C)c(CN(C)C(=O)/C=C/c2ccc(C)cc2)cc1OC. The molecule has 0 aliphatic carbocycles. The number of likely N-dealkylation sites (N-methyl/N-ethyl adjacent to an activating group) is 1. The molecule has 0 saturated heterocycles. The third-order valence-electron chi connectivity index (χ3n) is 4.12. The van der Waals surface area contributed by atoms with Gasteiger partial charge in [-0.15, -0.1) is 0 Å². The maximum Gasteiger partial charge on any atom is 0.246 e. The highest BCUT2D eigenvalue weighted by Crippen LogP contribution is 2.30. The molecule has 25 heavy (non-hydrogen) atoms. The Kier molecular flexibility index (Phi) is 6.23. The minimum Gasteiger partial charge on any atom is -0.493 e. The quantitative estimate of drug-likeness (QED) is 0.747. The highest BCUT2D eigenvalue weighted by Gasteiger charge is 2.12. The Morgan fingerprint density at radius 3 is 2.24 bits per heavy atom. The van der Waals surface area contributed by atoms with Crippen molar-refractivity contribution < 1.29 is 14.3 Å². The number of hydrogen-bond donors (Lipinski definition) is 0. The van der Waals surface area contributed by atoms with Crippen molar-refractivity contribution in [1.29, 1.82) is 0 Å². The zero-order chi connectivity index (χ0) is 18.4. The first-order chi connectivity index (χ1) is 11.9. The van der Waals surface area contributed by atoms with Crippen LogP contribution >= 0.6 is 0 Å². The van der Waals surface area contributed by atoms with Gasteiger partial charge in [-0.1, -0.05) is 29.8 Å². The van der Waals surface area contributed by atoms with Crippen molar-refractivity contribution in [3.63, 3.8) is 0 Å². The van der Waals surface area contributed by atoms with Gasteiger partial charge >= 0.3 is 0 Å². The normalized spacial score (nSPS) is 10.8. The molecule has 0 spiro atoms. The number of nitrogens with zero attached hydrogens (tertiary/aromatic N) is 1. The number of benzene rings is 2. The van der Waals surface area contributed by atoms with Crippen LogP contribution in [-0.4, -0.2) is 32.1 Å². The van der Waals surface area contributed by atoms with Crippen molar-refractivity contribution in [3.8, 4) is 11.5 Å². The third-order valence-corrected chi connectivity index (χ3v) is 4.12. The van der Waals surface area contributed by atoms with E-state index in [9.17, 15) is 4.79 Å². The predicted octanol–water partition coefficient (Wildman–Crippen LogP) is 3.99. The van der Waals surface area contributed by atoms with Gasteiger partial charge in [-0.25, -0.2) is 0 Å². The summed E-state index contributed by atoms with van der Waals surface area (Å²) in [6, 6.07) is 11.9. The molecule has 0 radical (unpaired) electrons. The Hall–Kier alpha value is -2.75. The van der Waals surface area contributed by atoms with Crippen molar-refractivity contribution in [3.05, 3.63) is 64.7 Å². The van der Waals surface area contributed by atoms with Gasteiger partial charge in [0.05, 0.1) is 14.2 Å². The molecule has 0 heterocycles. The number of rotatable bonds is 6.